The Kier molecular flexibility index (Phi) is 6.98. The van der Waals surface area contributed by atoms with Crippen molar-refractivity contribution in [2.24, 2.45) is 4.99 Å². The fourth-order valence-corrected chi connectivity index (χ4v) is 2.57. The van der Waals surface area contributed by atoms with E-state index in [1.54, 1.807) is 0 Å². The van der Waals surface area contributed by atoms with Crippen LogP contribution in [0.2, 0.25) is 0 Å². The average molecular weight is 423 g/mol. The Morgan fingerprint density at radius 3 is 2.62 bits per heavy atom. The lowest BCUT2D eigenvalue weighted by atomic mass is 9.96. The molecule has 0 spiro atoms. The number of nitrogens with one attached hydrogen (secondary N) is 2. The summed E-state index contributed by atoms with van der Waals surface area (Å²) in [6, 6.07) is 0.0783. The van der Waals surface area contributed by atoms with E-state index in [4.69, 9.17) is 9.84 Å². The monoisotopic (exact) mass is 423 g/mol. The van der Waals surface area contributed by atoms with Crippen LogP contribution < -0.4 is 10.6 Å². The molecule has 0 radical (unpaired) electrons. The van der Waals surface area contributed by atoms with Gasteiger partial charge in [-0.25, -0.2) is 0 Å². The predicted molar refractivity (Wildman–Crippen MR) is 82.9 cm³/mol. The topological polar surface area (TPSA) is 65.9 Å². The smallest absolute Gasteiger partial charge is 0.382 e. The molecule has 0 aromatic carbocycles. The maximum absolute atomic E-state index is 12.2. The summed E-state index contributed by atoms with van der Waals surface area (Å²) in [6.45, 7) is 1.66. The Balaban J connectivity index is 0.00000220. The number of aliphatic imine (C=N–C) groups is 1. The SMILES string of the molecule is CCNC(=NCC(O)C(F)(F)F)NC1CC2CCC1O2.I. The van der Waals surface area contributed by atoms with Crippen LogP contribution >= 0.6 is 24.0 Å². The van der Waals surface area contributed by atoms with Crippen molar-refractivity contribution in [3.8, 4) is 0 Å². The molecule has 0 aliphatic carbocycles. The summed E-state index contributed by atoms with van der Waals surface area (Å²) in [6.07, 6.45) is -3.87. The standard InChI is InChI=1S/C12H20F3N3O2.HI/c1-2-16-11(17-6-10(19)12(13,14)15)18-8-5-7-3-4-9(8)20-7;/h7-10,19H,2-6H2,1H3,(H2,16,17,18);1H. The van der Waals surface area contributed by atoms with Gasteiger partial charge in [0, 0.05) is 6.54 Å². The van der Waals surface area contributed by atoms with Gasteiger partial charge in [0.15, 0.2) is 12.1 Å². The number of aliphatic hydroxyl groups is 1. The zero-order valence-electron chi connectivity index (χ0n) is 11.7. The third-order valence-corrected chi connectivity index (χ3v) is 3.57. The van der Waals surface area contributed by atoms with Gasteiger partial charge in [-0.3, -0.25) is 4.99 Å². The zero-order chi connectivity index (χ0) is 14.8. The van der Waals surface area contributed by atoms with Gasteiger partial charge in [0.05, 0.1) is 24.8 Å². The summed E-state index contributed by atoms with van der Waals surface area (Å²) in [5, 5.41) is 14.9. The van der Waals surface area contributed by atoms with Crippen LogP contribution in [0.1, 0.15) is 26.2 Å². The molecular formula is C12H21F3IN3O2. The molecule has 4 unspecified atom stereocenters. The van der Waals surface area contributed by atoms with Crippen LogP contribution in [0.3, 0.4) is 0 Å². The van der Waals surface area contributed by atoms with Crippen molar-refractivity contribution in [1.29, 1.82) is 0 Å². The van der Waals surface area contributed by atoms with Crippen LogP contribution in [0.5, 0.6) is 0 Å². The number of halogens is 4. The second-order valence-corrected chi connectivity index (χ2v) is 5.14. The molecule has 2 aliphatic heterocycles. The minimum atomic E-state index is -4.64. The molecule has 2 heterocycles. The lowest BCUT2D eigenvalue weighted by molar-refractivity contribution is -0.199. The Morgan fingerprint density at radius 1 is 1.43 bits per heavy atom. The molecule has 2 rings (SSSR count). The van der Waals surface area contributed by atoms with E-state index in [1.807, 2.05) is 6.92 Å². The molecule has 2 aliphatic rings. The van der Waals surface area contributed by atoms with Gasteiger partial charge < -0.3 is 20.5 Å². The molecule has 0 saturated carbocycles. The second kappa shape index (κ2) is 7.82. The van der Waals surface area contributed by atoms with Gasteiger partial charge >= 0.3 is 6.18 Å². The van der Waals surface area contributed by atoms with Crippen LogP contribution in [0.25, 0.3) is 0 Å². The van der Waals surface area contributed by atoms with E-state index in [0.717, 1.165) is 19.3 Å². The molecule has 2 bridgehead atoms. The minimum absolute atomic E-state index is 0. The van der Waals surface area contributed by atoms with Crippen LogP contribution in [-0.4, -0.2) is 54.7 Å². The molecular weight excluding hydrogens is 402 g/mol. The van der Waals surface area contributed by atoms with Gasteiger partial charge in [0.25, 0.3) is 0 Å². The van der Waals surface area contributed by atoms with E-state index in [1.165, 1.54) is 0 Å². The first-order chi connectivity index (χ1) is 9.40. The number of ether oxygens (including phenoxy) is 1. The number of hydrogen-bond acceptors (Lipinski definition) is 3. The van der Waals surface area contributed by atoms with Gasteiger partial charge in [-0.1, -0.05) is 0 Å². The van der Waals surface area contributed by atoms with E-state index < -0.39 is 18.8 Å². The molecule has 5 nitrogen and oxygen atoms in total. The summed E-state index contributed by atoms with van der Waals surface area (Å²) < 4.78 is 42.4. The summed E-state index contributed by atoms with van der Waals surface area (Å²) in [5.74, 6) is 0.289. The Morgan fingerprint density at radius 2 is 2.14 bits per heavy atom. The number of alkyl halides is 3. The van der Waals surface area contributed by atoms with E-state index in [9.17, 15) is 13.2 Å². The van der Waals surface area contributed by atoms with Crippen LogP contribution in [-0.2, 0) is 4.74 Å². The summed E-state index contributed by atoms with van der Waals surface area (Å²) in [7, 11) is 0. The van der Waals surface area contributed by atoms with Gasteiger partial charge in [-0.15, -0.1) is 24.0 Å². The van der Waals surface area contributed by atoms with E-state index in [0.29, 0.717) is 6.54 Å². The quantitative estimate of drug-likeness (QED) is 0.364. The normalized spacial score (nSPS) is 30.0. The Bertz CT molecular complexity index is 368. The molecule has 2 saturated heterocycles. The molecule has 21 heavy (non-hydrogen) atoms. The minimum Gasteiger partial charge on any atom is -0.382 e. The molecule has 124 valence electrons. The maximum Gasteiger partial charge on any atom is 0.416 e. The third-order valence-electron chi connectivity index (χ3n) is 3.57. The van der Waals surface area contributed by atoms with Crippen LogP contribution in [0.15, 0.2) is 4.99 Å². The lowest BCUT2D eigenvalue weighted by Gasteiger charge is -2.23. The molecule has 0 aromatic rings. The summed E-state index contributed by atoms with van der Waals surface area (Å²) in [5.41, 5.74) is 0. The number of rotatable bonds is 4. The fraction of sp³-hybridized carbons (Fsp3) is 0.917. The van der Waals surface area contributed by atoms with Crippen molar-refractivity contribution in [3.05, 3.63) is 0 Å². The molecule has 2 fully saturated rings. The van der Waals surface area contributed by atoms with Crippen molar-refractivity contribution in [3.63, 3.8) is 0 Å². The highest BCUT2D eigenvalue weighted by atomic mass is 127. The van der Waals surface area contributed by atoms with E-state index in [-0.39, 0.29) is 48.2 Å². The Hall–Kier alpha value is -0.290. The van der Waals surface area contributed by atoms with Gasteiger partial charge in [-0.05, 0) is 26.2 Å². The molecule has 3 N–H and O–H groups in total. The van der Waals surface area contributed by atoms with Gasteiger partial charge in [0.1, 0.15) is 0 Å². The molecule has 4 atom stereocenters. The average Bonchev–Trinajstić information content (AvgIpc) is 2.96. The highest BCUT2D eigenvalue weighted by molar-refractivity contribution is 14.0. The van der Waals surface area contributed by atoms with E-state index in [2.05, 4.69) is 15.6 Å². The summed E-state index contributed by atoms with van der Waals surface area (Å²) in [4.78, 5) is 3.80. The molecule has 9 heteroatoms. The maximum atomic E-state index is 12.2. The van der Waals surface area contributed by atoms with Crippen molar-refractivity contribution >= 4 is 29.9 Å². The lowest BCUT2D eigenvalue weighted by Crippen LogP contribution is -2.48. The van der Waals surface area contributed by atoms with Crippen molar-refractivity contribution in [2.75, 3.05) is 13.1 Å². The molecule has 0 amide bonds. The first kappa shape index (κ1) is 18.8. The van der Waals surface area contributed by atoms with Gasteiger partial charge in [0.2, 0.25) is 0 Å². The molecule has 0 aromatic heterocycles. The second-order valence-electron chi connectivity index (χ2n) is 5.14. The van der Waals surface area contributed by atoms with E-state index >= 15 is 0 Å². The number of hydrogen-bond donors (Lipinski definition) is 3. The number of guanidine groups is 1. The number of fused-ring (bicyclic) bond motifs is 2. The number of aliphatic hydroxyl groups excluding tert-OH is 1. The van der Waals surface area contributed by atoms with Crippen LogP contribution in [0, 0.1) is 0 Å². The van der Waals surface area contributed by atoms with Crippen molar-refractivity contribution in [1.82, 2.24) is 10.6 Å². The first-order valence-corrected chi connectivity index (χ1v) is 6.85. The van der Waals surface area contributed by atoms with Crippen molar-refractivity contribution in [2.45, 2.75) is 56.7 Å². The first-order valence-electron chi connectivity index (χ1n) is 6.85. The predicted octanol–water partition coefficient (Wildman–Crippen LogP) is 1.40. The van der Waals surface area contributed by atoms with Crippen molar-refractivity contribution < 1.29 is 23.0 Å². The highest BCUT2D eigenvalue weighted by Gasteiger charge is 2.41. The fourth-order valence-electron chi connectivity index (χ4n) is 2.57. The Labute approximate surface area is 138 Å². The highest BCUT2D eigenvalue weighted by Crippen LogP contribution is 2.34. The third kappa shape index (κ3) is 5.13. The summed E-state index contributed by atoms with van der Waals surface area (Å²) >= 11 is 0. The van der Waals surface area contributed by atoms with Gasteiger partial charge in [-0.2, -0.15) is 13.2 Å². The largest absolute Gasteiger partial charge is 0.416 e. The zero-order valence-corrected chi connectivity index (χ0v) is 14.0. The van der Waals surface area contributed by atoms with Crippen LogP contribution in [0.4, 0.5) is 13.2 Å². The number of nitrogens with zero attached hydrogens (tertiary/aromatic N) is 1.